The molecule has 3 aromatic heterocycles. The zero-order valence-electron chi connectivity index (χ0n) is 25.6. The Morgan fingerprint density at radius 2 is 0.812 bits per heavy atom. The molecule has 0 atom stereocenters. The van der Waals surface area contributed by atoms with Gasteiger partial charge in [-0.3, -0.25) is 0 Å². The van der Waals surface area contributed by atoms with Crippen molar-refractivity contribution in [1.29, 1.82) is 0 Å². The minimum Gasteiger partial charge on any atom is -0.456 e. The highest BCUT2D eigenvalue weighted by atomic mass is 16.3. The molecule has 0 unspecified atom stereocenters. The Labute approximate surface area is 274 Å². The molecular weight excluding hydrogens is 590 g/mol. The highest BCUT2D eigenvalue weighted by molar-refractivity contribution is 6.22. The molecule has 10 rings (SSSR count). The normalized spacial score (nSPS) is 11.8. The summed E-state index contributed by atoms with van der Waals surface area (Å²) in [7, 11) is 0. The van der Waals surface area contributed by atoms with Crippen LogP contribution in [0.15, 0.2) is 160 Å². The number of benzene rings is 7. The molecule has 0 saturated heterocycles. The summed E-state index contributed by atoms with van der Waals surface area (Å²) in [6.07, 6.45) is 0. The lowest BCUT2D eigenvalue weighted by atomic mass is 9.94. The van der Waals surface area contributed by atoms with Gasteiger partial charge in [0.1, 0.15) is 22.3 Å². The van der Waals surface area contributed by atoms with Crippen LogP contribution in [0.1, 0.15) is 0 Å². The van der Waals surface area contributed by atoms with Crippen LogP contribution in [0.3, 0.4) is 0 Å². The number of para-hydroxylation sites is 1. The second kappa shape index (κ2) is 10.5. The van der Waals surface area contributed by atoms with E-state index in [1.807, 2.05) is 84.9 Å². The molecule has 7 aromatic carbocycles. The van der Waals surface area contributed by atoms with Gasteiger partial charge < -0.3 is 8.83 Å². The van der Waals surface area contributed by atoms with Crippen LogP contribution < -0.4 is 0 Å². The Kier molecular flexibility index (Phi) is 5.81. The van der Waals surface area contributed by atoms with Crippen molar-refractivity contribution in [1.82, 2.24) is 15.0 Å². The number of hydrogen-bond acceptors (Lipinski definition) is 5. The summed E-state index contributed by atoms with van der Waals surface area (Å²) >= 11 is 0. The zero-order valence-corrected chi connectivity index (χ0v) is 25.6. The second-order valence-corrected chi connectivity index (χ2v) is 12.0. The van der Waals surface area contributed by atoms with E-state index < -0.39 is 0 Å². The predicted octanol–water partition coefficient (Wildman–Crippen LogP) is 11.5. The van der Waals surface area contributed by atoms with E-state index in [2.05, 4.69) is 66.7 Å². The number of fused-ring (bicyclic) bond motifs is 8. The highest BCUT2D eigenvalue weighted by Crippen LogP contribution is 2.42. The molecule has 0 aliphatic carbocycles. The molecule has 0 amide bonds. The molecule has 0 aliphatic heterocycles. The van der Waals surface area contributed by atoms with Crippen molar-refractivity contribution >= 4 is 54.6 Å². The standard InChI is InChI=1S/C43H25N3O2/c1-3-11-26(12-4-1)41-44-42(27-13-5-2-6-14-27)46-43(45-41)29-20-22-34-38(24-29)48-39-25-35(30-15-7-8-17-33(30)40(34)39)28-19-21-32-31-16-9-10-18-36(31)47-37(32)23-28/h1-25H. The first-order valence-corrected chi connectivity index (χ1v) is 15.9. The summed E-state index contributed by atoms with van der Waals surface area (Å²) in [6.45, 7) is 0. The Balaban J connectivity index is 1.15. The highest BCUT2D eigenvalue weighted by Gasteiger charge is 2.18. The summed E-state index contributed by atoms with van der Waals surface area (Å²) in [4.78, 5) is 14.7. The maximum absolute atomic E-state index is 6.66. The Morgan fingerprint density at radius 3 is 1.54 bits per heavy atom. The lowest BCUT2D eigenvalue weighted by Crippen LogP contribution is -2.00. The van der Waals surface area contributed by atoms with Crippen molar-refractivity contribution in [3.05, 3.63) is 152 Å². The van der Waals surface area contributed by atoms with Gasteiger partial charge >= 0.3 is 0 Å². The van der Waals surface area contributed by atoms with Crippen molar-refractivity contribution in [2.24, 2.45) is 0 Å². The molecule has 48 heavy (non-hydrogen) atoms. The zero-order chi connectivity index (χ0) is 31.6. The maximum atomic E-state index is 6.66. The van der Waals surface area contributed by atoms with Crippen molar-refractivity contribution in [2.45, 2.75) is 0 Å². The Morgan fingerprint density at radius 1 is 0.312 bits per heavy atom. The molecule has 0 fully saturated rings. The van der Waals surface area contributed by atoms with Gasteiger partial charge in [-0.05, 0) is 58.3 Å². The van der Waals surface area contributed by atoms with Gasteiger partial charge in [0.2, 0.25) is 0 Å². The lowest BCUT2D eigenvalue weighted by molar-refractivity contribution is 0.668. The quantitative estimate of drug-likeness (QED) is 0.197. The first kappa shape index (κ1) is 26.6. The van der Waals surface area contributed by atoms with E-state index in [4.69, 9.17) is 23.8 Å². The number of nitrogens with zero attached hydrogens (tertiary/aromatic N) is 3. The molecule has 0 spiro atoms. The third-order valence-corrected chi connectivity index (χ3v) is 9.13. The molecule has 0 N–H and O–H groups in total. The first-order valence-electron chi connectivity index (χ1n) is 15.9. The third-order valence-electron chi connectivity index (χ3n) is 9.13. The third kappa shape index (κ3) is 4.22. The van der Waals surface area contributed by atoms with Crippen molar-refractivity contribution in [2.75, 3.05) is 0 Å². The average molecular weight is 616 g/mol. The molecule has 10 aromatic rings. The average Bonchev–Trinajstić information content (AvgIpc) is 3.72. The smallest absolute Gasteiger partial charge is 0.164 e. The minimum atomic E-state index is 0.592. The molecular formula is C43H25N3O2. The molecule has 0 bridgehead atoms. The molecule has 0 radical (unpaired) electrons. The van der Waals surface area contributed by atoms with Gasteiger partial charge in [0, 0.05) is 38.2 Å². The number of aromatic nitrogens is 3. The van der Waals surface area contributed by atoms with E-state index in [1.54, 1.807) is 0 Å². The lowest BCUT2D eigenvalue weighted by Gasteiger charge is -2.09. The van der Waals surface area contributed by atoms with E-state index in [0.717, 1.165) is 82.5 Å². The van der Waals surface area contributed by atoms with E-state index in [9.17, 15) is 0 Å². The monoisotopic (exact) mass is 615 g/mol. The topological polar surface area (TPSA) is 65.0 Å². The van der Waals surface area contributed by atoms with Crippen LogP contribution in [0.5, 0.6) is 0 Å². The molecule has 224 valence electrons. The Hall–Kier alpha value is -6.59. The molecule has 0 aliphatic rings. The van der Waals surface area contributed by atoms with Gasteiger partial charge in [-0.15, -0.1) is 0 Å². The maximum Gasteiger partial charge on any atom is 0.164 e. The van der Waals surface area contributed by atoms with Crippen LogP contribution in [-0.2, 0) is 0 Å². The fourth-order valence-electron chi connectivity index (χ4n) is 6.85. The van der Waals surface area contributed by atoms with Crippen LogP contribution >= 0.6 is 0 Å². The van der Waals surface area contributed by atoms with E-state index in [-0.39, 0.29) is 0 Å². The van der Waals surface area contributed by atoms with Crippen LogP contribution in [0, 0.1) is 0 Å². The minimum absolute atomic E-state index is 0.592. The van der Waals surface area contributed by atoms with Crippen molar-refractivity contribution < 1.29 is 8.83 Å². The van der Waals surface area contributed by atoms with Gasteiger partial charge in [0.15, 0.2) is 17.5 Å². The number of furan rings is 2. The van der Waals surface area contributed by atoms with Crippen molar-refractivity contribution in [3.63, 3.8) is 0 Å². The fraction of sp³-hybridized carbons (Fsp3) is 0. The van der Waals surface area contributed by atoms with Crippen LogP contribution in [-0.4, -0.2) is 15.0 Å². The number of rotatable bonds is 4. The molecule has 5 nitrogen and oxygen atoms in total. The van der Waals surface area contributed by atoms with Gasteiger partial charge in [-0.2, -0.15) is 0 Å². The van der Waals surface area contributed by atoms with Gasteiger partial charge in [-0.25, -0.2) is 15.0 Å². The van der Waals surface area contributed by atoms with Crippen LogP contribution in [0.2, 0.25) is 0 Å². The van der Waals surface area contributed by atoms with Crippen LogP contribution in [0.4, 0.5) is 0 Å². The van der Waals surface area contributed by atoms with Gasteiger partial charge in [0.05, 0.1) is 0 Å². The van der Waals surface area contributed by atoms with Crippen LogP contribution in [0.25, 0.3) is 99.9 Å². The molecule has 0 saturated carbocycles. The fourth-order valence-corrected chi connectivity index (χ4v) is 6.85. The predicted molar refractivity (Wildman–Crippen MR) is 194 cm³/mol. The summed E-state index contributed by atoms with van der Waals surface area (Å²) in [5.41, 5.74) is 8.26. The second-order valence-electron chi connectivity index (χ2n) is 12.0. The first-order chi connectivity index (χ1) is 23.8. The molecule has 5 heteroatoms. The summed E-state index contributed by atoms with van der Waals surface area (Å²) < 4.78 is 12.9. The summed E-state index contributed by atoms with van der Waals surface area (Å²) in [5.74, 6) is 1.84. The summed E-state index contributed by atoms with van der Waals surface area (Å²) in [5, 5.41) is 6.66. The van der Waals surface area contributed by atoms with Gasteiger partial charge in [0.25, 0.3) is 0 Å². The van der Waals surface area contributed by atoms with E-state index in [1.165, 1.54) is 0 Å². The number of hydrogen-bond donors (Lipinski definition) is 0. The summed E-state index contributed by atoms with van der Waals surface area (Å²) in [6, 6.07) is 51.6. The SMILES string of the molecule is c1ccc(-c2nc(-c3ccccc3)nc(-c3ccc4c(c3)oc3cc(-c5ccc6c(c5)oc5ccccc56)c5ccccc5c34)n2)cc1. The largest absolute Gasteiger partial charge is 0.456 e. The molecule has 3 heterocycles. The van der Waals surface area contributed by atoms with Gasteiger partial charge in [-0.1, -0.05) is 115 Å². The Bertz CT molecular complexity index is 2780. The van der Waals surface area contributed by atoms with Crippen molar-refractivity contribution in [3.8, 4) is 45.3 Å². The van der Waals surface area contributed by atoms with E-state index in [0.29, 0.717) is 17.5 Å². The van der Waals surface area contributed by atoms with E-state index >= 15 is 0 Å².